The molecule has 8 heteroatoms. The second-order valence-electron chi connectivity index (χ2n) is 5.39. The van der Waals surface area contributed by atoms with E-state index in [4.69, 9.17) is 9.47 Å². The second-order valence-corrected chi connectivity index (χ2v) is 5.39. The minimum Gasteiger partial charge on any atom is -0.496 e. The molecule has 0 fully saturated rings. The molecule has 1 N–H and O–H groups in total. The first-order chi connectivity index (χ1) is 11.5. The van der Waals surface area contributed by atoms with Gasteiger partial charge in [-0.15, -0.1) is 0 Å². The Morgan fingerprint density at radius 2 is 1.96 bits per heavy atom. The molecule has 2 heterocycles. The lowest BCUT2D eigenvalue weighted by atomic mass is 9.95. The van der Waals surface area contributed by atoms with Gasteiger partial charge >= 0.3 is 0 Å². The number of fused-ring (bicyclic) bond motifs is 1. The number of hydrogen-bond acceptors (Lipinski definition) is 7. The molecule has 1 aliphatic rings. The average Bonchev–Trinajstić information content (AvgIpc) is 2.60. The fourth-order valence-corrected chi connectivity index (χ4v) is 2.92. The zero-order valence-corrected chi connectivity index (χ0v) is 13.3. The molecule has 8 nitrogen and oxygen atoms in total. The highest BCUT2D eigenvalue weighted by atomic mass is 16.6. The number of pyridine rings is 1. The first-order valence-electron chi connectivity index (χ1n) is 7.32. The van der Waals surface area contributed by atoms with Crippen molar-refractivity contribution in [1.29, 1.82) is 0 Å². The highest BCUT2D eigenvalue weighted by Gasteiger charge is 2.30. The van der Waals surface area contributed by atoms with Crippen molar-refractivity contribution in [3.8, 4) is 11.5 Å². The van der Waals surface area contributed by atoms with Crippen molar-refractivity contribution in [2.24, 2.45) is 0 Å². The smallest absolute Gasteiger partial charge is 0.287 e. The molecule has 0 saturated carbocycles. The summed E-state index contributed by atoms with van der Waals surface area (Å²) in [6.45, 7) is 0.763. The van der Waals surface area contributed by atoms with Crippen LogP contribution in [-0.2, 0) is 6.54 Å². The first-order valence-corrected chi connectivity index (χ1v) is 7.32. The van der Waals surface area contributed by atoms with E-state index in [1.807, 2.05) is 4.90 Å². The van der Waals surface area contributed by atoms with Crippen molar-refractivity contribution < 1.29 is 19.5 Å². The SMILES string of the molecule is COc1ccc(OC)c2c1CN(c1ccc([N+](=O)[O-])cn1)CC2O. The maximum atomic E-state index is 10.7. The van der Waals surface area contributed by atoms with Gasteiger partial charge in [0.05, 0.1) is 25.7 Å². The third-order valence-electron chi connectivity index (χ3n) is 4.06. The standard InChI is InChI=1S/C16H17N3O5/c1-23-13-4-5-14(24-2)16-11(13)8-18(9-12(16)20)15-6-3-10(7-17-15)19(21)22/h3-7,12,20H,8-9H2,1-2H3. The van der Waals surface area contributed by atoms with Crippen LogP contribution in [-0.4, -0.2) is 35.8 Å². The van der Waals surface area contributed by atoms with Crippen LogP contribution < -0.4 is 14.4 Å². The molecule has 1 aromatic carbocycles. The van der Waals surface area contributed by atoms with Crippen LogP contribution in [0.5, 0.6) is 11.5 Å². The third-order valence-corrected chi connectivity index (χ3v) is 4.06. The van der Waals surface area contributed by atoms with E-state index < -0.39 is 11.0 Å². The number of ether oxygens (including phenoxy) is 2. The third kappa shape index (κ3) is 2.71. The van der Waals surface area contributed by atoms with E-state index >= 15 is 0 Å². The predicted molar refractivity (Wildman–Crippen MR) is 86.4 cm³/mol. The van der Waals surface area contributed by atoms with Crippen LogP contribution in [0.1, 0.15) is 17.2 Å². The van der Waals surface area contributed by atoms with Crippen molar-refractivity contribution in [3.05, 3.63) is 51.7 Å². The van der Waals surface area contributed by atoms with Gasteiger partial charge in [0.2, 0.25) is 0 Å². The Labute approximate surface area is 138 Å². The van der Waals surface area contributed by atoms with Gasteiger partial charge in [-0.2, -0.15) is 0 Å². The van der Waals surface area contributed by atoms with Crippen molar-refractivity contribution in [1.82, 2.24) is 4.98 Å². The molecule has 126 valence electrons. The normalized spacial score (nSPS) is 16.5. The van der Waals surface area contributed by atoms with Crippen LogP contribution in [0, 0.1) is 10.1 Å². The number of β-amino-alcohol motifs (C(OH)–C–C–N with tert-alkyl or cyclic N) is 1. The Bertz CT molecular complexity index is 763. The molecule has 1 aliphatic heterocycles. The molecule has 24 heavy (non-hydrogen) atoms. The van der Waals surface area contributed by atoms with E-state index in [9.17, 15) is 15.2 Å². The van der Waals surface area contributed by atoms with Crippen molar-refractivity contribution in [3.63, 3.8) is 0 Å². The Hall–Kier alpha value is -2.87. The summed E-state index contributed by atoms with van der Waals surface area (Å²) in [6.07, 6.45) is 0.427. The van der Waals surface area contributed by atoms with E-state index in [2.05, 4.69) is 4.98 Å². The summed E-state index contributed by atoms with van der Waals surface area (Å²) < 4.78 is 10.7. The van der Waals surface area contributed by atoms with E-state index in [1.54, 1.807) is 32.4 Å². The average molecular weight is 331 g/mol. The largest absolute Gasteiger partial charge is 0.496 e. The number of benzene rings is 1. The summed E-state index contributed by atoms with van der Waals surface area (Å²) in [6, 6.07) is 6.52. The number of aliphatic hydroxyl groups is 1. The van der Waals surface area contributed by atoms with E-state index in [1.165, 1.54) is 12.3 Å². The predicted octanol–water partition coefficient (Wildman–Crippen LogP) is 2.06. The molecular weight excluding hydrogens is 314 g/mol. The number of rotatable bonds is 4. The van der Waals surface area contributed by atoms with Crippen LogP contribution in [0.25, 0.3) is 0 Å². The van der Waals surface area contributed by atoms with Gasteiger partial charge in [-0.1, -0.05) is 0 Å². The second kappa shape index (κ2) is 6.32. The van der Waals surface area contributed by atoms with Crippen molar-refractivity contribution in [2.75, 3.05) is 25.7 Å². The summed E-state index contributed by atoms with van der Waals surface area (Å²) in [7, 11) is 3.12. The zero-order valence-electron chi connectivity index (χ0n) is 13.3. The summed E-state index contributed by atoms with van der Waals surface area (Å²) in [5.41, 5.74) is 1.45. The lowest BCUT2D eigenvalue weighted by Crippen LogP contribution is -2.34. The fraction of sp³-hybridized carbons (Fsp3) is 0.312. The minimum atomic E-state index is -0.782. The molecule has 0 radical (unpaired) electrons. The summed E-state index contributed by atoms with van der Waals surface area (Å²) in [4.78, 5) is 16.2. The Balaban J connectivity index is 1.98. The molecule has 0 aliphatic carbocycles. The van der Waals surface area contributed by atoms with E-state index in [-0.39, 0.29) is 5.69 Å². The van der Waals surface area contributed by atoms with Crippen LogP contribution in [0.15, 0.2) is 30.5 Å². The van der Waals surface area contributed by atoms with Gasteiger partial charge in [0.25, 0.3) is 5.69 Å². The molecular formula is C16H17N3O5. The lowest BCUT2D eigenvalue weighted by Gasteiger charge is -2.34. The van der Waals surface area contributed by atoms with Gasteiger partial charge < -0.3 is 19.5 Å². The molecule has 2 aromatic rings. The number of aromatic nitrogens is 1. The van der Waals surface area contributed by atoms with Crippen LogP contribution >= 0.6 is 0 Å². The van der Waals surface area contributed by atoms with Gasteiger partial charge in [-0.25, -0.2) is 4.98 Å². The van der Waals surface area contributed by atoms with Crippen LogP contribution in [0.2, 0.25) is 0 Å². The highest BCUT2D eigenvalue weighted by molar-refractivity contribution is 5.56. The molecule has 1 atom stereocenters. The van der Waals surface area contributed by atoms with Crippen molar-refractivity contribution in [2.45, 2.75) is 12.6 Å². The summed E-state index contributed by atoms with van der Waals surface area (Å²) in [5.74, 6) is 1.81. The maximum absolute atomic E-state index is 10.7. The number of aliphatic hydroxyl groups excluding tert-OH is 1. The van der Waals surface area contributed by atoms with Gasteiger partial charge in [0, 0.05) is 23.7 Å². The Morgan fingerprint density at radius 1 is 1.25 bits per heavy atom. The molecule has 3 rings (SSSR count). The Morgan fingerprint density at radius 3 is 2.54 bits per heavy atom. The molecule has 0 spiro atoms. The van der Waals surface area contributed by atoms with Crippen molar-refractivity contribution >= 4 is 11.5 Å². The maximum Gasteiger partial charge on any atom is 0.287 e. The Kier molecular flexibility index (Phi) is 4.22. The molecule has 0 saturated heterocycles. The highest BCUT2D eigenvalue weighted by Crippen LogP contribution is 2.40. The quantitative estimate of drug-likeness (QED) is 0.676. The molecule has 0 bridgehead atoms. The number of hydrogen-bond donors (Lipinski definition) is 1. The number of methoxy groups -OCH3 is 2. The van der Waals surface area contributed by atoms with Gasteiger partial charge in [0.1, 0.15) is 29.6 Å². The monoisotopic (exact) mass is 331 g/mol. The number of nitrogens with zero attached hydrogens (tertiary/aromatic N) is 3. The summed E-state index contributed by atoms with van der Waals surface area (Å²) in [5, 5.41) is 21.3. The van der Waals surface area contributed by atoms with E-state index in [0.29, 0.717) is 36.0 Å². The fourth-order valence-electron chi connectivity index (χ4n) is 2.92. The zero-order chi connectivity index (χ0) is 17.3. The number of anilines is 1. The number of nitro groups is 1. The van der Waals surface area contributed by atoms with Gasteiger partial charge in [-0.3, -0.25) is 10.1 Å². The van der Waals surface area contributed by atoms with Crippen LogP contribution in [0.4, 0.5) is 11.5 Å². The van der Waals surface area contributed by atoms with Crippen LogP contribution in [0.3, 0.4) is 0 Å². The molecule has 1 aromatic heterocycles. The lowest BCUT2D eigenvalue weighted by molar-refractivity contribution is -0.385. The molecule has 1 unspecified atom stereocenters. The summed E-state index contributed by atoms with van der Waals surface area (Å²) >= 11 is 0. The topological polar surface area (TPSA) is 98.0 Å². The van der Waals surface area contributed by atoms with E-state index in [0.717, 1.165) is 5.56 Å². The minimum absolute atomic E-state index is 0.0732. The van der Waals surface area contributed by atoms with Gasteiger partial charge in [-0.05, 0) is 18.2 Å². The molecule has 0 amide bonds. The first kappa shape index (κ1) is 16.0. The van der Waals surface area contributed by atoms with Gasteiger partial charge in [0.15, 0.2) is 0 Å².